The lowest BCUT2D eigenvalue weighted by atomic mass is 9.71. The highest BCUT2D eigenvalue weighted by molar-refractivity contribution is 5.95. The van der Waals surface area contributed by atoms with Gasteiger partial charge in [0.15, 0.2) is 23.0 Å². The zero-order valence-corrected chi connectivity index (χ0v) is 18.3. The molecule has 0 radical (unpaired) electrons. The molecule has 0 aromatic heterocycles. The van der Waals surface area contributed by atoms with Crippen LogP contribution >= 0.6 is 0 Å². The topological polar surface area (TPSA) is 89.5 Å². The second-order valence-electron chi connectivity index (χ2n) is 7.26. The van der Waals surface area contributed by atoms with Gasteiger partial charge in [-0.15, -0.1) is 0 Å². The average molecular weight is 440 g/mol. The molecule has 2 atom stereocenters. The maximum atomic E-state index is 13.1. The fraction of sp³-hybridized carbons (Fsp3) is 0.333. The third-order valence-electron chi connectivity index (χ3n) is 5.65. The van der Waals surface area contributed by atoms with Gasteiger partial charge in [0.1, 0.15) is 6.29 Å². The molecular weight excluding hydrogens is 416 g/mol. The lowest BCUT2D eigenvalue weighted by Crippen LogP contribution is -2.30. The number of aldehydes is 1. The largest absolute Gasteiger partial charge is 0.493 e. The average Bonchev–Trinajstić information content (AvgIpc) is 3.27. The summed E-state index contributed by atoms with van der Waals surface area (Å²) in [7, 11) is 4.56. The summed E-state index contributed by atoms with van der Waals surface area (Å²) in [5, 5.41) is 0. The number of benzene rings is 2. The van der Waals surface area contributed by atoms with E-state index in [1.807, 2.05) is 12.1 Å². The zero-order valence-electron chi connectivity index (χ0n) is 18.3. The van der Waals surface area contributed by atoms with Crippen LogP contribution in [-0.2, 0) is 14.3 Å². The second kappa shape index (κ2) is 8.82. The Hall–Kier alpha value is -3.68. The fourth-order valence-corrected chi connectivity index (χ4v) is 4.27. The van der Waals surface area contributed by atoms with Crippen molar-refractivity contribution in [3.05, 3.63) is 46.5 Å². The molecule has 32 heavy (non-hydrogen) atoms. The Labute approximate surface area is 185 Å². The highest BCUT2D eigenvalue weighted by atomic mass is 16.7. The van der Waals surface area contributed by atoms with E-state index < -0.39 is 17.8 Å². The van der Waals surface area contributed by atoms with E-state index in [0.29, 0.717) is 46.2 Å². The first-order valence-electron chi connectivity index (χ1n) is 10.1. The van der Waals surface area contributed by atoms with Crippen molar-refractivity contribution >= 4 is 18.3 Å². The van der Waals surface area contributed by atoms with Crippen molar-refractivity contribution in [3.8, 4) is 28.7 Å². The summed E-state index contributed by atoms with van der Waals surface area (Å²) in [6.45, 7) is 2.03. The number of esters is 1. The van der Waals surface area contributed by atoms with Crippen molar-refractivity contribution in [2.45, 2.75) is 12.8 Å². The summed E-state index contributed by atoms with van der Waals surface area (Å²) in [4.78, 5) is 25.1. The minimum atomic E-state index is -0.858. The summed E-state index contributed by atoms with van der Waals surface area (Å²) < 4.78 is 32.9. The molecule has 1 heterocycles. The van der Waals surface area contributed by atoms with Crippen LogP contribution in [0, 0.1) is 5.92 Å². The van der Waals surface area contributed by atoms with Gasteiger partial charge in [-0.05, 0) is 54.0 Å². The SMILES string of the molecule is CCOC(=O)[C@@H]1C(C=O)=Cc2cc3c(cc2[C@H]1c1cc(OC)c(OC)c(OC)c1)OCO3. The predicted molar refractivity (Wildman–Crippen MR) is 115 cm³/mol. The lowest BCUT2D eigenvalue weighted by Gasteiger charge is -2.32. The number of methoxy groups -OCH3 is 3. The quantitative estimate of drug-likeness (QED) is 0.478. The van der Waals surface area contributed by atoms with E-state index >= 15 is 0 Å². The number of hydrogen-bond acceptors (Lipinski definition) is 8. The number of carbonyl (C=O) groups is 2. The maximum absolute atomic E-state index is 13.1. The normalized spacial score (nSPS) is 18.3. The molecule has 2 aliphatic rings. The van der Waals surface area contributed by atoms with Crippen molar-refractivity contribution in [3.63, 3.8) is 0 Å². The van der Waals surface area contributed by atoms with Crippen molar-refractivity contribution in [2.75, 3.05) is 34.7 Å². The first-order chi connectivity index (χ1) is 15.6. The van der Waals surface area contributed by atoms with Gasteiger partial charge in [-0.3, -0.25) is 9.59 Å². The third-order valence-corrected chi connectivity index (χ3v) is 5.65. The first kappa shape index (κ1) is 21.5. The molecule has 2 aromatic rings. The standard InChI is InChI=1S/C24H24O8/c1-5-30-24(26)22-15(11-25)6-13-7-17-18(32-12-31-17)10-16(13)21(22)14-8-19(27-2)23(29-4)20(9-14)28-3/h6-11,21-22H,5,12H2,1-4H3/t21-,22-/m1/s1. The fourth-order valence-electron chi connectivity index (χ4n) is 4.27. The molecule has 0 amide bonds. The molecule has 0 fully saturated rings. The minimum absolute atomic E-state index is 0.110. The predicted octanol–water partition coefficient (Wildman–Crippen LogP) is 3.35. The van der Waals surface area contributed by atoms with Crippen LogP contribution in [0.15, 0.2) is 29.8 Å². The number of ether oxygens (including phenoxy) is 6. The van der Waals surface area contributed by atoms with Crippen LogP contribution in [0.4, 0.5) is 0 Å². The number of rotatable bonds is 7. The molecule has 0 bridgehead atoms. The van der Waals surface area contributed by atoms with Crippen LogP contribution in [0.1, 0.15) is 29.5 Å². The van der Waals surface area contributed by atoms with Gasteiger partial charge in [0, 0.05) is 11.5 Å². The van der Waals surface area contributed by atoms with Gasteiger partial charge in [0.2, 0.25) is 12.5 Å². The van der Waals surface area contributed by atoms with Crippen LogP contribution in [0.5, 0.6) is 28.7 Å². The highest BCUT2D eigenvalue weighted by Gasteiger charge is 2.40. The van der Waals surface area contributed by atoms with Crippen molar-refractivity contribution in [2.24, 2.45) is 5.92 Å². The zero-order chi connectivity index (χ0) is 22.8. The van der Waals surface area contributed by atoms with Crippen molar-refractivity contribution < 1.29 is 38.0 Å². The van der Waals surface area contributed by atoms with E-state index in [1.54, 1.807) is 25.1 Å². The Morgan fingerprint density at radius 1 is 1.03 bits per heavy atom. The van der Waals surface area contributed by atoms with Crippen LogP contribution < -0.4 is 23.7 Å². The Morgan fingerprint density at radius 2 is 1.69 bits per heavy atom. The molecule has 168 valence electrons. The van der Waals surface area contributed by atoms with Crippen molar-refractivity contribution in [1.82, 2.24) is 0 Å². The molecule has 0 N–H and O–H groups in total. The van der Waals surface area contributed by atoms with Gasteiger partial charge in [0.05, 0.1) is 33.9 Å². The van der Waals surface area contributed by atoms with Gasteiger partial charge in [0.25, 0.3) is 0 Å². The molecule has 1 aliphatic carbocycles. The lowest BCUT2D eigenvalue weighted by molar-refractivity contribution is -0.147. The first-order valence-corrected chi connectivity index (χ1v) is 10.1. The van der Waals surface area contributed by atoms with E-state index in [4.69, 9.17) is 28.4 Å². The van der Waals surface area contributed by atoms with Crippen LogP contribution in [0.2, 0.25) is 0 Å². The number of fused-ring (bicyclic) bond motifs is 2. The molecule has 8 heteroatoms. The molecule has 0 saturated carbocycles. The summed E-state index contributed by atoms with van der Waals surface area (Å²) in [6, 6.07) is 7.21. The number of carbonyl (C=O) groups excluding carboxylic acids is 2. The molecule has 8 nitrogen and oxygen atoms in total. The summed E-state index contributed by atoms with van der Waals surface area (Å²) in [6.07, 6.45) is 2.39. The summed E-state index contributed by atoms with van der Waals surface area (Å²) in [5.41, 5.74) is 2.57. The molecule has 4 rings (SSSR count). The summed E-state index contributed by atoms with van der Waals surface area (Å²) >= 11 is 0. The summed E-state index contributed by atoms with van der Waals surface area (Å²) in [5.74, 6) is 0.561. The van der Waals surface area contributed by atoms with Crippen LogP contribution in [0.3, 0.4) is 0 Å². The molecule has 0 saturated heterocycles. The third kappa shape index (κ3) is 3.51. The Balaban J connectivity index is 1.98. The van der Waals surface area contributed by atoms with Crippen LogP contribution in [-0.4, -0.2) is 47.0 Å². The molecule has 1 aliphatic heterocycles. The molecular formula is C24H24O8. The second-order valence-corrected chi connectivity index (χ2v) is 7.26. The number of hydrogen-bond donors (Lipinski definition) is 0. The van der Waals surface area contributed by atoms with Gasteiger partial charge >= 0.3 is 5.97 Å². The molecule has 0 spiro atoms. The Morgan fingerprint density at radius 3 is 2.25 bits per heavy atom. The highest BCUT2D eigenvalue weighted by Crippen LogP contribution is 2.50. The van der Waals surface area contributed by atoms with E-state index in [9.17, 15) is 9.59 Å². The van der Waals surface area contributed by atoms with Gasteiger partial charge in [-0.1, -0.05) is 0 Å². The van der Waals surface area contributed by atoms with Crippen molar-refractivity contribution in [1.29, 1.82) is 0 Å². The van der Waals surface area contributed by atoms with Gasteiger partial charge in [-0.2, -0.15) is 0 Å². The Kier molecular flexibility index (Phi) is 5.94. The van der Waals surface area contributed by atoms with E-state index in [-0.39, 0.29) is 13.4 Å². The maximum Gasteiger partial charge on any atom is 0.314 e. The van der Waals surface area contributed by atoms with Gasteiger partial charge < -0.3 is 28.4 Å². The van der Waals surface area contributed by atoms with Crippen LogP contribution in [0.25, 0.3) is 6.08 Å². The smallest absolute Gasteiger partial charge is 0.314 e. The van der Waals surface area contributed by atoms with E-state index in [1.165, 1.54) is 21.3 Å². The van der Waals surface area contributed by atoms with E-state index in [2.05, 4.69) is 0 Å². The Bertz CT molecular complexity index is 1060. The minimum Gasteiger partial charge on any atom is -0.493 e. The monoisotopic (exact) mass is 440 g/mol. The van der Waals surface area contributed by atoms with E-state index in [0.717, 1.165) is 11.1 Å². The van der Waals surface area contributed by atoms with Gasteiger partial charge in [-0.25, -0.2) is 0 Å². The molecule has 2 aromatic carbocycles. The molecule has 0 unspecified atom stereocenters.